The highest BCUT2D eigenvalue weighted by atomic mass is 35.5. The normalized spacial score (nSPS) is 14.1. The molecule has 0 amide bonds. The summed E-state index contributed by atoms with van der Waals surface area (Å²) in [4.78, 5) is 21.7. The molecule has 2 aromatic heterocycles. The van der Waals surface area contributed by atoms with E-state index < -0.39 is 183 Å². The quantitative estimate of drug-likeness (QED) is 0.0179. The van der Waals surface area contributed by atoms with Crippen LogP contribution in [0.15, 0.2) is 162 Å². The van der Waals surface area contributed by atoms with Crippen molar-refractivity contribution in [3.63, 3.8) is 0 Å². The molecule has 1 fully saturated rings. The van der Waals surface area contributed by atoms with Gasteiger partial charge in [0.15, 0.2) is 5.75 Å². The van der Waals surface area contributed by atoms with Gasteiger partial charge in [0.2, 0.25) is 34.4 Å². The highest BCUT2D eigenvalue weighted by Crippen LogP contribution is 2.47. The standard InChI is InChI=1S/C50H42Cl2N18O23S7/c51-45-57-47(61-48(58-45)55-25-3-8-31(35(19-25)96(79,80)81)66-68-42-39-23(18-37(40(42)53)98(85,86)87)17-28(21-34(39)71)95(76,77)78)54-11-12-69-13-15-70(16-14-69)50-60-46(52)59-49(62-50)56-33-10-7-29-30(44(33)100(91,92)93)22-38(99(88,89)90)41(43(29)72)67-65-32-9-4-26(20-36(32)97(82,83)84)64-63-24-1-5-27(6-2-24)94(73,74)75/h1-10,17-22,71-72H,11-16,53H2,(H,73,74,75)(H,76,77,78)(H,79,80,81)(H,82,83,84)(H,85,86,87)(H,88,89,90)(H,91,92,93)(H,56,59,60,62)(H2,54,55,57,58,61)/b64-63+,67-65+,68-66+. The molecule has 50 heteroatoms. The summed E-state index contributed by atoms with van der Waals surface area (Å²) in [5, 5.41) is 50.0. The van der Waals surface area contributed by atoms with Gasteiger partial charge in [0.25, 0.3) is 70.8 Å². The Labute approximate surface area is 572 Å². The number of hydrogen-bond donors (Lipinski definition) is 13. The Balaban J connectivity index is 0.812. The number of piperazine rings is 1. The number of azo groups is 3. The van der Waals surface area contributed by atoms with Gasteiger partial charge in [-0.25, -0.2) is 0 Å². The molecule has 0 atom stereocenters. The van der Waals surface area contributed by atoms with Gasteiger partial charge in [0, 0.05) is 61.8 Å². The van der Waals surface area contributed by atoms with E-state index in [4.69, 9.17) is 28.9 Å². The lowest BCUT2D eigenvalue weighted by molar-refractivity contribution is 0.266. The van der Waals surface area contributed by atoms with Crippen LogP contribution < -0.4 is 26.6 Å². The summed E-state index contributed by atoms with van der Waals surface area (Å²) < 4.78 is 243. The van der Waals surface area contributed by atoms with E-state index >= 15 is 0 Å². The van der Waals surface area contributed by atoms with E-state index in [1.807, 2.05) is 4.90 Å². The van der Waals surface area contributed by atoms with Crippen molar-refractivity contribution in [3.05, 3.63) is 108 Å². The number of halogens is 2. The van der Waals surface area contributed by atoms with E-state index in [1.54, 1.807) is 4.90 Å². The average Bonchev–Trinajstić information content (AvgIpc) is 0.760. The van der Waals surface area contributed by atoms with Crippen molar-refractivity contribution in [2.75, 3.05) is 65.9 Å². The molecule has 3 heterocycles. The molecule has 10 rings (SSSR count). The molecule has 1 aliphatic heterocycles. The van der Waals surface area contributed by atoms with Gasteiger partial charge in [0.1, 0.15) is 53.0 Å². The predicted molar refractivity (Wildman–Crippen MR) is 350 cm³/mol. The lowest BCUT2D eigenvalue weighted by Crippen LogP contribution is -2.48. The average molecular weight is 1560 g/mol. The molecule has 9 aromatic rings. The molecule has 1 aliphatic rings. The third kappa shape index (κ3) is 16.8. The zero-order valence-electron chi connectivity index (χ0n) is 49.2. The zero-order valence-corrected chi connectivity index (χ0v) is 56.4. The van der Waals surface area contributed by atoms with Crippen molar-refractivity contribution in [1.82, 2.24) is 34.8 Å². The lowest BCUT2D eigenvalue weighted by atomic mass is 10.1. The van der Waals surface area contributed by atoms with Gasteiger partial charge >= 0.3 is 0 Å². The topological polar surface area (TPSA) is 641 Å². The number of phenolic OH excluding ortho intramolecular Hbond substituents is 2. The molecular weight excluding hydrogens is 1520 g/mol. The number of fused-ring (bicyclic) bond motifs is 2. The first kappa shape index (κ1) is 73.1. The van der Waals surface area contributed by atoms with Gasteiger partial charge in [-0.05, 0) is 120 Å². The zero-order chi connectivity index (χ0) is 73.0. The number of aromatic nitrogens is 6. The molecule has 7 aromatic carbocycles. The Morgan fingerprint density at radius 2 is 1.02 bits per heavy atom. The largest absolute Gasteiger partial charge is 0.507 e. The summed E-state index contributed by atoms with van der Waals surface area (Å²) in [5.74, 6) is -2.91. The monoisotopic (exact) mass is 1560 g/mol. The van der Waals surface area contributed by atoms with Crippen molar-refractivity contribution in [3.8, 4) is 11.5 Å². The van der Waals surface area contributed by atoms with Gasteiger partial charge in [0.05, 0.1) is 37.9 Å². The van der Waals surface area contributed by atoms with Crippen LogP contribution in [0.25, 0.3) is 21.5 Å². The molecule has 41 nitrogen and oxygen atoms in total. The van der Waals surface area contributed by atoms with Crippen LogP contribution in [0.4, 0.5) is 75.0 Å². The van der Waals surface area contributed by atoms with E-state index in [9.17, 15) is 101 Å². The minimum absolute atomic E-state index is 0.0248. The number of nitrogen functional groups attached to an aromatic ring is 1. The Hall–Kier alpha value is -9.61. The fourth-order valence-electron chi connectivity index (χ4n) is 9.51. The maximum atomic E-state index is 13.2. The molecule has 14 N–H and O–H groups in total. The van der Waals surface area contributed by atoms with Crippen molar-refractivity contribution >= 4 is 191 Å². The highest BCUT2D eigenvalue weighted by Gasteiger charge is 2.31. The van der Waals surface area contributed by atoms with Gasteiger partial charge in [-0.1, -0.05) is 0 Å². The van der Waals surface area contributed by atoms with Crippen molar-refractivity contribution in [2.24, 2.45) is 30.7 Å². The van der Waals surface area contributed by atoms with E-state index in [2.05, 4.69) is 76.5 Å². The first-order valence-corrected chi connectivity index (χ1v) is 37.8. The fourth-order valence-corrected chi connectivity index (χ4v) is 14.3. The predicted octanol–water partition coefficient (Wildman–Crippen LogP) is 7.36. The smallest absolute Gasteiger partial charge is 0.297 e. The molecule has 526 valence electrons. The van der Waals surface area contributed by atoms with Crippen LogP contribution in [0.2, 0.25) is 10.6 Å². The number of anilines is 7. The van der Waals surface area contributed by atoms with Gasteiger partial charge < -0.3 is 36.8 Å². The molecule has 1 saturated heterocycles. The van der Waals surface area contributed by atoms with Crippen LogP contribution >= 0.6 is 23.2 Å². The number of nitrogens with zero attached hydrogens (tertiary/aromatic N) is 14. The Morgan fingerprint density at radius 1 is 0.470 bits per heavy atom. The SMILES string of the molecule is Nc1c(S(=O)(=O)O)cc2cc(S(=O)(=O)O)cc(O)c2c1/N=N/c1ccc(Nc2nc(Cl)nc(NCCN3CCN(c4nc(Cl)nc(Nc5ccc6c(O)c(/N=N/c7ccc(/N=N/c8ccc(S(=O)(=O)O)cc8)cc7S(=O)(=O)O)c(S(=O)(=O)O)cc6c5S(=O)(=O)O)n4)CC3)n2)cc1S(=O)(=O)O. The van der Waals surface area contributed by atoms with Crippen LogP contribution in [0, 0.1) is 0 Å². The summed E-state index contributed by atoms with van der Waals surface area (Å²) in [6, 6.07) is 14.5. The van der Waals surface area contributed by atoms with Crippen LogP contribution in [0.3, 0.4) is 0 Å². The Bertz CT molecular complexity index is 5850. The molecule has 0 bridgehead atoms. The van der Waals surface area contributed by atoms with Crippen LogP contribution in [0.5, 0.6) is 11.5 Å². The van der Waals surface area contributed by atoms with Gasteiger partial charge in [-0.2, -0.15) is 99.1 Å². The molecule has 0 saturated carbocycles. The first-order valence-electron chi connectivity index (χ1n) is 27.0. The fraction of sp³-hybridized carbons (Fsp3) is 0.120. The molecule has 0 aliphatic carbocycles. The third-order valence-electron chi connectivity index (χ3n) is 13.9. The number of benzene rings is 7. The van der Waals surface area contributed by atoms with E-state index in [-0.39, 0.29) is 59.8 Å². The summed E-state index contributed by atoms with van der Waals surface area (Å²) in [6.45, 7) is 1.71. The van der Waals surface area contributed by atoms with Crippen molar-refractivity contribution in [1.29, 1.82) is 0 Å². The lowest BCUT2D eigenvalue weighted by Gasteiger charge is -2.34. The van der Waals surface area contributed by atoms with Crippen molar-refractivity contribution in [2.45, 2.75) is 34.3 Å². The maximum Gasteiger partial charge on any atom is 0.297 e. The van der Waals surface area contributed by atoms with Gasteiger partial charge in [-0.15, -0.1) is 20.5 Å². The van der Waals surface area contributed by atoms with Gasteiger partial charge in [-0.3, -0.25) is 36.8 Å². The number of phenols is 2. The van der Waals surface area contributed by atoms with Crippen LogP contribution in [-0.2, 0) is 70.8 Å². The van der Waals surface area contributed by atoms with E-state index in [0.29, 0.717) is 43.9 Å². The molecular formula is C50H42Cl2N18O23S7. The maximum absolute atomic E-state index is 13.2. The second-order valence-corrected chi connectivity index (χ2v) is 31.0. The molecule has 0 radical (unpaired) electrons. The Morgan fingerprint density at radius 3 is 1.62 bits per heavy atom. The second kappa shape index (κ2) is 27.5. The van der Waals surface area contributed by atoms with E-state index in [1.165, 1.54) is 6.07 Å². The second-order valence-electron chi connectivity index (χ2n) is 20.5. The third-order valence-corrected chi connectivity index (χ3v) is 20.4. The summed E-state index contributed by atoms with van der Waals surface area (Å²) in [7, 11) is -36.1. The summed E-state index contributed by atoms with van der Waals surface area (Å²) >= 11 is 12.5. The molecule has 0 unspecified atom stereocenters. The Kier molecular flexibility index (Phi) is 20.1. The van der Waals surface area contributed by atoms with E-state index in [0.717, 1.165) is 66.7 Å². The number of aromatic hydroxyl groups is 2. The van der Waals surface area contributed by atoms with Crippen LogP contribution in [0.1, 0.15) is 0 Å². The highest BCUT2D eigenvalue weighted by molar-refractivity contribution is 7.87. The minimum atomic E-state index is -5.55. The molecule has 100 heavy (non-hydrogen) atoms. The first-order chi connectivity index (χ1) is 46.5. The number of nitrogens with one attached hydrogen (secondary N) is 3. The summed E-state index contributed by atoms with van der Waals surface area (Å²) in [5.41, 5.74) is 1.12. The number of hydrogen-bond acceptors (Lipinski definition) is 34. The number of rotatable bonds is 22. The van der Waals surface area contributed by atoms with Crippen LogP contribution in [-0.4, -0.2) is 175 Å². The van der Waals surface area contributed by atoms with Crippen molar-refractivity contribution < 1.29 is 101 Å². The summed E-state index contributed by atoms with van der Waals surface area (Å²) in [6.07, 6.45) is 0. The molecule has 0 spiro atoms. The minimum Gasteiger partial charge on any atom is -0.507 e. The number of nitrogens with two attached hydrogens (primary N) is 1.